The Hall–Kier alpha value is -1.48. The molecule has 4 heteroatoms. The third-order valence-corrected chi connectivity index (χ3v) is 3.85. The van der Waals surface area contributed by atoms with Crippen LogP contribution < -0.4 is 4.74 Å². The number of hydrogen-bond acceptors (Lipinski definition) is 2. The summed E-state index contributed by atoms with van der Waals surface area (Å²) in [6, 6.07) is 8.11. The van der Waals surface area contributed by atoms with Crippen LogP contribution in [0.3, 0.4) is 0 Å². The molecule has 1 aromatic carbocycles. The molecule has 2 rings (SSSR count). The Morgan fingerprint density at radius 3 is 2.55 bits per heavy atom. The average molecular weight is 293 g/mol. The van der Waals surface area contributed by atoms with Crippen LogP contribution in [0.2, 0.25) is 5.02 Å². The summed E-state index contributed by atoms with van der Waals surface area (Å²) in [6.07, 6.45) is 1.79. The number of para-hydroxylation sites is 1. The molecule has 0 unspecified atom stereocenters. The smallest absolute Gasteiger partial charge is 0.131 e. The van der Waals surface area contributed by atoms with Gasteiger partial charge in [0.25, 0.3) is 0 Å². The molecule has 1 aromatic heterocycles. The molecule has 0 aliphatic heterocycles. The summed E-state index contributed by atoms with van der Waals surface area (Å²) in [5, 5.41) is 5.25. The fourth-order valence-corrected chi connectivity index (χ4v) is 2.56. The number of ether oxygens (including phenoxy) is 1. The van der Waals surface area contributed by atoms with Gasteiger partial charge in [0, 0.05) is 6.54 Å². The minimum atomic E-state index is 0.455. The summed E-state index contributed by atoms with van der Waals surface area (Å²) < 4.78 is 7.88. The first kappa shape index (κ1) is 14.9. The van der Waals surface area contributed by atoms with Gasteiger partial charge in [0.15, 0.2) is 0 Å². The first-order chi connectivity index (χ1) is 9.71. The second-order valence-corrected chi connectivity index (χ2v) is 5.00. The van der Waals surface area contributed by atoms with Gasteiger partial charge in [0.1, 0.15) is 12.4 Å². The third kappa shape index (κ3) is 2.98. The molecule has 0 aliphatic rings. The van der Waals surface area contributed by atoms with Gasteiger partial charge >= 0.3 is 0 Å². The van der Waals surface area contributed by atoms with Crippen molar-refractivity contribution >= 4 is 11.6 Å². The number of aryl methyl sites for hydroxylation is 3. The van der Waals surface area contributed by atoms with Crippen LogP contribution in [0.25, 0.3) is 0 Å². The minimum Gasteiger partial charge on any atom is -0.487 e. The van der Waals surface area contributed by atoms with Crippen LogP contribution >= 0.6 is 11.6 Å². The predicted molar refractivity (Wildman–Crippen MR) is 82.4 cm³/mol. The number of rotatable bonds is 6. The van der Waals surface area contributed by atoms with Crippen LogP contribution in [-0.4, -0.2) is 9.78 Å². The maximum Gasteiger partial charge on any atom is 0.131 e. The Morgan fingerprint density at radius 2 is 1.90 bits per heavy atom. The zero-order valence-corrected chi connectivity index (χ0v) is 13.1. The first-order valence-corrected chi connectivity index (χ1v) is 7.53. The summed E-state index contributed by atoms with van der Waals surface area (Å²) in [6.45, 7) is 7.50. The molecule has 0 aliphatic carbocycles. The molecule has 20 heavy (non-hydrogen) atoms. The fraction of sp³-hybridized carbons (Fsp3) is 0.438. The van der Waals surface area contributed by atoms with Crippen LogP contribution in [0, 0.1) is 0 Å². The predicted octanol–water partition coefficient (Wildman–Crippen LogP) is 4.26. The monoisotopic (exact) mass is 292 g/mol. The summed E-state index contributed by atoms with van der Waals surface area (Å²) in [7, 11) is 0. The fourth-order valence-electron chi connectivity index (χ4n) is 2.24. The van der Waals surface area contributed by atoms with Crippen LogP contribution in [0.15, 0.2) is 24.3 Å². The standard InChI is InChI=1S/C16H21ClN2O/c1-4-12-9-7-8-10-15(12)20-11-14-16(17)13(5-2)18-19(14)6-3/h7-10H,4-6,11H2,1-3H3. The molecule has 0 bridgehead atoms. The third-order valence-electron chi connectivity index (χ3n) is 3.41. The highest BCUT2D eigenvalue weighted by molar-refractivity contribution is 6.31. The van der Waals surface area contributed by atoms with E-state index in [9.17, 15) is 0 Å². The molecule has 1 heterocycles. The molecule has 0 amide bonds. The Labute approximate surface area is 125 Å². The lowest BCUT2D eigenvalue weighted by molar-refractivity contribution is 0.290. The minimum absolute atomic E-state index is 0.455. The number of nitrogens with zero attached hydrogens (tertiary/aromatic N) is 2. The van der Waals surface area contributed by atoms with Gasteiger partial charge in [-0.05, 0) is 31.4 Å². The molecule has 0 N–H and O–H groups in total. The topological polar surface area (TPSA) is 27.1 Å². The molecule has 0 radical (unpaired) electrons. The first-order valence-electron chi connectivity index (χ1n) is 7.15. The van der Waals surface area contributed by atoms with Gasteiger partial charge < -0.3 is 4.74 Å². The van der Waals surface area contributed by atoms with Crippen molar-refractivity contribution in [3.8, 4) is 5.75 Å². The maximum absolute atomic E-state index is 6.38. The zero-order chi connectivity index (χ0) is 14.5. The van der Waals surface area contributed by atoms with Crippen molar-refractivity contribution in [3.63, 3.8) is 0 Å². The van der Waals surface area contributed by atoms with Crippen LogP contribution in [0.1, 0.15) is 37.7 Å². The van der Waals surface area contributed by atoms with E-state index in [1.165, 1.54) is 5.56 Å². The number of halogens is 1. The lowest BCUT2D eigenvalue weighted by Gasteiger charge is -2.11. The molecule has 0 fully saturated rings. The summed E-state index contributed by atoms with van der Waals surface area (Å²) >= 11 is 6.38. The van der Waals surface area contributed by atoms with Crippen molar-refractivity contribution in [2.45, 2.75) is 46.8 Å². The van der Waals surface area contributed by atoms with E-state index < -0.39 is 0 Å². The van der Waals surface area contributed by atoms with E-state index in [4.69, 9.17) is 16.3 Å². The van der Waals surface area contributed by atoms with E-state index >= 15 is 0 Å². The summed E-state index contributed by atoms with van der Waals surface area (Å²) in [5.41, 5.74) is 3.11. The highest BCUT2D eigenvalue weighted by atomic mass is 35.5. The largest absolute Gasteiger partial charge is 0.487 e. The van der Waals surface area contributed by atoms with Gasteiger partial charge in [-0.3, -0.25) is 4.68 Å². The second-order valence-electron chi connectivity index (χ2n) is 4.63. The van der Waals surface area contributed by atoms with Crippen molar-refractivity contribution in [2.24, 2.45) is 0 Å². The van der Waals surface area contributed by atoms with Gasteiger partial charge in [-0.15, -0.1) is 0 Å². The Morgan fingerprint density at radius 1 is 1.15 bits per heavy atom. The van der Waals surface area contributed by atoms with E-state index in [0.717, 1.165) is 41.5 Å². The zero-order valence-electron chi connectivity index (χ0n) is 12.3. The molecule has 2 aromatic rings. The van der Waals surface area contributed by atoms with Crippen molar-refractivity contribution in [1.82, 2.24) is 9.78 Å². The number of hydrogen-bond donors (Lipinski definition) is 0. The van der Waals surface area contributed by atoms with Gasteiger partial charge in [-0.2, -0.15) is 5.10 Å². The molecule has 0 atom stereocenters. The van der Waals surface area contributed by atoms with Gasteiger partial charge in [-0.1, -0.05) is 43.6 Å². The molecule has 0 saturated heterocycles. The van der Waals surface area contributed by atoms with E-state index in [1.54, 1.807) is 0 Å². The average Bonchev–Trinajstić information content (AvgIpc) is 2.81. The van der Waals surface area contributed by atoms with Crippen LogP contribution in [0.4, 0.5) is 0 Å². The second kappa shape index (κ2) is 6.80. The Balaban J connectivity index is 2.20. The normalized spacial score (nSPS) is 10.8. The van der Waals surface area contributed by atoms with E-state index in [-0.39, 0.29) is 0 Å². The van der Waals surface area contributed by atoms with E-state index in [1.807, 2.05) is 22.9 Å². The lowest BCUT2D eigenvalue weighted by Crippen LogP contribution is -2.07. The van der Waals surface area contributed by atoms with Gasteiger partial charge in [-0.25, -0.2) is 0 Å². The maximum atomic E-state index is 6.38. The van der Waals surface area contributed by atoms with Crippen molar-refractivity contribution in [2.75, 3.05) is 0 Å². The van der Waals surface area contributed by atoms with Crippen molar-refractivity contribution < 1.29 is 4.74 Å². The highest BCUT2D eigenvalue weighted by Gasteiger charge is 2.15. The quantitative estimate of drug-likeness (QED) is 0.795. The van der Waals surface area contributed by atoms with Crippen molar-refractivity contribution in [1.29, 1.82) is 0 Å². The lowest BCUT2D eigenvalue weighted by atomic mass is 10.1. The van der Waals surface area contributed by atoms with Gasteiger partial charge in [0.2, 0.25) is 0 Å². The van der Waals surface area contributed by atoms with Crippen molar-refractivity contribution in [3.05, 3.63) is 46.2 Å². The summed E-state index contributed by atoms with van der Waals surface area (Å²) in [4.78, 5) is 0. The molecule has 3 nitrogen and oxygen atoms in total. The Bertz CT molecular complexity index is 578. The Kier molecular flexibility index (Phi) is 5.07. The van der Waals surface area contributed by atoms with E-state index in [0.29, 0.717) is 6.61 Å². The van der Waals surface area contributed by atoms with E-state index in [2.05, 4.69) is 31.9 Å². The summed E-state index contributed by atoms with van der Waals surface area (Å²) in [5.74, 6) is 0.924. The SMILES string of the molecule is CCc1ccccc1OCc1c(Cl)c(CC)nn1CC. The van der Waals surface area contributed by atoms with Gasteiger partial charge in [0.05, 0.1) is 16.4 Å². The highest BCUT2D eigenvalue weighted by Crippen LogP contribution is 2.25. The molecular formula is C16H21ClN2O. The number of aromatic nitrogens is 2. The molecule has 0 spiro atoms. The molecule has 0 saturated carbocycles. The van der Waals surface area contributed by atoms with Crippen LogP contribution in [-0.2, 0) is 26.0 Å². The number of benzene rings is 1. The molecular weight excluding hydrogens is 272 g/mol. The van der Waals surface area contributed by atoms with Crippen LogP contribution in [0.5, 0.6) is 5.75 Å². The molecule has 108 valence electrons.